The molecule has 0 fully saturated rings. The minimum absolute atomic E-state index is 0.0138. The number of hydrazine groups is 1. The second-order valence-corrected chi connectivity index (χ2v) is 5.02. The average Bonchev–Trinajstić information content (AvgIpc) is 3.04. The van der Waals surface area contributed by atoms with Gasteiger partial charge in [0.25, 0.3) is 5.91 Å². The van der Waals surface area contributed by atoms with Crippen LogP contribution in [0.4, 0.5) is 0 Å². The summed E-state index contributed by atoms with van der Waals surface area (Å²) >= 11 is 4.92. The number of rotatable bonds is 3. The predicted octanol–water partition coefficient (Wildman–Crippen LogP) is 1.94. The van der Waals surface area contributed by atoms with Gasteiger partial charge in [-0.3, -0.25) is 25.8 Å². The van der Waals surface area contributed by atoms with Gasteiger partial charge in [0, 0.05) is 11.6 Å². The third kappa shape index (κ3) is 5.40. The molecule has 2 amide bonds. The number of thiocarbonyl (C=S) groups is 1. The van der Waals surface area contributed by atoms with E-state index in [1.165, 1.54) is 18.4 Å². The van der Waals surface area contributed by atoms with Gasteiger partial charge < -0.3 is 4.42 Å². The molecule has 1 aromatic heterocycles. The van der Waals surface area contributed by atoms with Crippen LogP contribution >= 0.6 is 12.2 Å². The van der Waals surface area contributed by atoms with E-state index < -0.39 is 5.91 Å². The smallest absolute Gasteiger partial charge is 0.269 e. The fourth-order valence-corrected chi connectivity index (χ4v) is 1.85. The van der Waals surface area contributed by atoms with E-state index in [4.69, 9.17) is 16.6 Å². The Labute approximate surface area is 138 Å². The van der Waals surface area contributed by atoms with E-state index >= 15 is 0 Å². The number of carbonyl (C=O) groups excluding carboxylic acids is 2. The van der Waals surface area contributed by atoms with Gasteiger partial charge in [0.05, 0.1) is 6.26 Å². The molecule has 2 aromatic rings. The largest absolute Gasteiger partial charge is 0.465 e. The number of nitrogens with one attached hydrogen (secondary N) is 3. The second-order valence-electron chi connectivity index (χ2n) is 4.62. The first-order valence-electron chi connectivity index (χ1n) is 6.74. The van der Waals surface area contributed by atoms with Gasteiger partial charge in [0.2, 0.25) is 5.91 Å². The summed E-state index contributed by atoms with van der Waals surface area (Å²) < 4.78 is 5.05. The predicted molar refractivity (Wildman–Crippen MR) is 90.3 cm³/mol. The minimum atomic E-state index is -0.441. The van der Waals surface area contributed by atoms with E-state index in [1.54, 1.807) is 30.3 Å². The van der Waals surface area contributed by atoms with Crippen molar-refractivity contribution in [2.24, 2.45) is 0 Å². The molecule has 0 aliphatic carbocycles. The monoisotopic (exact) mass is 329 g/mol. The summed E-state index contributed by atoms with van der Waals surface area (Å²) in [6, 6.07) is 10.5. The average molecular weight is 329 g/mol. The molecule has 0 aliphatic rings. The van der Waals surface area contributed by atoms with Crippen LogP contribution in [0.5, 0.6) is 0 Å². The van der Waals surface area contributed by atoms with Crippen molar-refractivity contribution >= 4 is 35.2 Å². The quantitative estimate of drug-likeness (QED) is 0.455. The number of furan rings is 1. The van der Waals surface area contributed by atoms with Gasteiger partial charge in [0.1, 0.15) is 5.76 Å². The van der Waals surface area contributed by atoms with Crippen LogP contribution in [0, 0.1) is 6.92 Å². The first-order valence-corrected chi connectivity index (χ1v) is 7.15. The SMILES string of the molecule is Cc1cccc(C(=O)NNC(=S)NC(=O)C=Cc2ccco2)c1. The zero-order chi connectivity index (χ0) is 16.7. The Morgan fingerprint density at radius 3 is 2.70 bits per heavy atom. The summed E-state index contributed by atoms with van der Waals surface area (Å²) in [7, 11) is 0. The van der Waals surface area contributed by atoms with Gasteiger partial charge in [-0.15, -0.1) is 0 Å². The maximum absolute atomic E-state index is 11.9. The number of hydrogen-bond donors (Lipinski definition) is 3. The van der Waals surface area contributed by atoms with E-state index in [0.29, 0.717) is 11.3 Å². The molecule has 7 heteroatoms. The molecule has 2 rings (SSSR count). The van der Waals surface area contributed by atoms with Crippen molar-refractivity contribution in [3.8, 4) is 0 Å². The molecule has 0 radical (unpaired) electrons. The van der Waals surface area contributed by atoms with Crippen molar-refractivity contribution in [2.75, 3.05) is 0 Å². The van der Waals surface area contributed by atoms with Crippen molar-refractivity contribution in [3.05, 3.63) is 65.6 Å². The number of carbonyl (C=O) groups is 2. The lowest BCUT2D eigenvalue weighted by Gasteiger charge is -2.09. The molecule has 0 unspecified atom stereocenters. The van der Waals surface area contributed by atoms with Gasteiger partial charge in [-0.05, 0) is 49.5 Å². The normalized spacial score (nSPS) is 10.3. The molecule has 0 spiro atoms. The summed E-state index contributed by atoms with van der Waals surface area (Å²) in [5, 5.41) is 2.38. The minimum Gasteiger partial charge on any atom is -0.465 e. The van der Waals surface area contributed by atoms with E-state index in [1.807, 2.05) is 13.0 Å². The van der Waals surface area contributed by atoms with Crippen molar-refractivity contribution in [1.82, 2.24) is 16.2 Å². The van der Waals surface area contributed by atoms with Crippen molar-refractivity contribution in [2.45, 2.75) is 6.92 Å². The molecule has 23 heavy (non-hydrogen) atoms. The zero-order valence-electron chi connectivity index (χ0n) is 12.3. The molecule has 0 aliphatic heterocycles. The molecule has 0 bridgehead atoms. The number of hydrogen-bond acceptors (Lipinski definition) is 4. The molecule has 1 aromatic carbocycles. The fraction of sp³-hybridized carbons (Fsp3) is 0.0625. The van der Waals surface area contributed by atoms with Crippen LogP contribution in [0.1, 0.15) is 21.7 Å². The van der Waals surface area contributed by atoms with Gasteiger partial charge in [-0.1, -0.05) is 17.7 Å². The third-order valence-electron chi connectivity index (χ3n) is 2.75. The molecule has 0 saturated carbocycles. The lowest BCUT2D eigenvalue weighted by Crippen LogP contribution is -2.48. The van der Waals surface area contributed by atoms with Gasteiger partial charge in [-0.25, -0.2) is 0 Å². The number of benzene rings is 1. The van der Waals surface area contributed by atoms with Crippen LogP contribution in [0.2, 0.25) is 0 Å². The molecular weight excluding hydrogens is 314 g/mol. The van der Waals surface area contributed by atoms with E-state index in [2.05, 4.69) is 16.2 Å². The first-order chi connectivity index (χ1) is 11.0. The highest BCUT2D eigenvalue weighted by Crippen LogP contribution is 2.03. The lowest BCUT2D eigenvalue weighted by molar-refractivity contribution is -0.115. The Hall–Kier alpha value is -2.93. The molecule has 0 atom stereocenters. The molecule has 1 heterocycles. The van der Waals surface area contributed by atoms with E-state index in [-0.39, 0.29) is 11.0 Å². The number of aryl methyl sites for hydroxylation is 1. The summed E-state index contributed by atoms with van der Waals surface area (Å²) in [6.45, 7) is 1.89. The van der Waals surface area contributed by atoms with Gasteiger partial charge >= 0.3 is 0 Å². The van der Waals surface area contributed by atoms with Crippen LogP contribution in [-0.2, 0) is 4.79 Å². The van der Waals surface area contributed by atoms with Crippen LogP contribution in [-0.4, -0.2) is 16.9 Å². The highest BCUT2D eigenvalue weighted by molar-refractivity contribution is 7.80. The maximum Gasteiger partial charge on any atom is 0.269 e. The Kier molecular flexibility index (Phi) is 5.65. The second kappa shape index (κ2) is 7.90. The van der Waals surface area contributed by atoms with Crippen molar-refractivity contribution < 1.29 is 14.0 Å². The van der Waals surface area contributed by atoms with Crippen LogP contribution in [0.25, 0.3) is 6.08 Å². The van der Waals surface area contributed by atoms with Crippen molar-refractivity contribution in [1.29, 1.82) is 0 Å². The summed E-state index contributed by atoms with van der Waals surface area (Å²) in [4.78, 5) is 23.5. The molecule has 6 nitrogen and oxygen atoms in total. The Morgan fingerprint density at radius 1 is 1.17 bits per heavy atom. The lowest BCUT2D eigenvalue weighted by atomic mass is 10.1. The highest BCUT2D eigenvalue weighted by atomic mass is 32.1. The topological polar surface area (TPSA) is 83.4 Å². The van der Waals surface area contributed by atoms with E-state index in [0.717, 1.165) is 5.56 Å². The number of amides is 2. The zero-order valence-corrected chi connectivity index (χ0v) is 13.1. The third-order valence-corrected chi connectivity index (χ3v) is 2.95. The van der Waals surface area contributed by atoms with Gasteiger partial charge in [-0.2, -0.15) is 0 Å². The van der Waals surface area contributed by atoms with Crippen LogP contribution in [0.15, 0.2) is 53.2 Å². The Morgan fingerprint density at radius 2 is 2.00 bits per heavy atom. The Balaban J connectivity index is 1.78. The van der Waals surface area contributed by atoms with Crippen LogP contribution in [0.3, 0.4) is 0 Å². The first kappa shape index (κ1) is 16.4. The Bertz CT molecular complexity index is 739. The molecule has 0 saturated heterocycles. The molecule has 3 N–H and O–H groups in total. The van der Waals surface area contributed by atoms with Gasteiger partial charge in [0.15, 0.2) is 5.11 Å². The molecular formula is C16H15N3O3S. The van der Waals surface area contributed by atoms with Crippen molar-refractivity contribution in [3.63, 3.8) is 0 Å². The summed E-state index contributed by atoms with van der Waals surface area (Å²) in [6.07, 6.45) is 4.28. The highest BCUT2D eigenvalue weighted by Gasteiger charge is 2.06. The standard InChI is InChI=1S/C16H15N3O3S/c1-11-4-2-5-12(10-11)15(21)18-19-16(23)17-14(20)8-7-13-6-3-9-22-13/h2-10H,1H3,(H,18,21)(H2,17,19,20,23). The molecule has 118 valence electrons. The van der Waals surface area contributed by atoms with E-state index in [9.17, 15) is 9.59 Å². The van der Waals surface area contributed by atoms with Crippen LogP contribution < -0.4 is 16.2 Å². The maximum atomic E-state index is 11.9. The fourth-order valence-electron chi connectivity index (χ4n) is 1.70. The summed E-state index contributed by atoms with van der Waals surface area (Å²) in [5.74, 6) is -0.244. The summed E-state index contributed by atoms with van der Waals surface area (Å²) in [5.41, 5.74) is 6.34.